The van der Waals surface area contributed by atoms with Gasteiger partial charge in [0.05, 0.1) is 6.20 Å². The van der Waals surface area contributed by atoms with Gasteiger partial charge in [0.25, 0.3) is 11.8 Å². The number of rotatable bonds is 8. The molecule has 2 N–H and O–H groups in total. The summed E-state index contributed by atoms with van der Waals surface area (Å²) in [5, 5.41) is 10.2. The van der Waals surface area contributed by atoms with E-state index >= 15 is 0 Å². The zero-order chi connectivity index (χ0) is 28.9. The molecule has 0 bridgehead atoms. The molecule has 0 saturated heterocycles. The summed E-state index contributed by atoms with van der Waals surface area (Å²) in [6.45, 7) is 1.88. The zero-order valence-corrected chi connectivity index (χ0v) is 22.8. The van der Waals surface area contributed by atoms with Crippen molar-refractivity contribution in [1.82, 2.24) is 25.4 Å². The maximum Gasteiger partial charge on any atom is 0.272 e. The molecule has 0 atom stereocenters. The number of benzene rings is 2. The number of ether oxygens (including phenoxy) is 1. The van der Waals surface area contributed by atoms with Gasteiger partial charge in [0.2, 0.25) is 5.88 Å². The van der Waals surface area contributed by atoms with Gasteiger partial charge in [0, 0.05) is 30.4 Å². The van der Waals surface area contributed by atoms with Crippen LogP contribution in [0.2, 0.25) is 0 Å². The van der Waals surface area contributed by atoms with Crippen LogP contribution in [0.25, 0.3) is 11.1 Å². The Kier molecular flexibility index (Phi) is 8.19. The fourth-order valence-electron chi connectivity index (χ4n) is 4.89. The number of hydrogen-bond acceptors (Lipinski definition) is 6. The van der Waals surface area contributed by atoms with Gasteiger partial charge in [-0.2, -0.15) is 5.10 Å². The van der Waals surface area contributed by atoms with Gasteiger partial charge in [-0.05, 0) is 74.1 Å². The molecule has 2 heterocycles. The van der Waals surface area contributed by atoms with Gasteiger partial charge in [-0.25, -0.2) is 9.37 Å². The molecule has 0 radical (unpaired) electrons. The molecule has 0 aliphatic heterocycles. The lowest BCUT2D eigenvalue weighted by atomic mass is 9.91. The van der Waals surface area contributed by atoms with Crippen molar-refractivity contribution < 1.29 is 23.5 Å². The van der Waals surface area contributed by atoms with Crippen molar-refractivity contribution in [1.29, 1.82) is 0 Å². The normalized spacial score (nSPS) is 16.6. The van der Waals surface area contributed by atoms with Gasteiger partial charge < -0.3 is 15.4 Å². The highest BCUT2D eigenvalue weighted by Gasteiger charge is 2.26. The predicted octanol–water partition coefficient (Wildman–Crippen LogP) is 5.01. The van der Waals surface area contributed by atoms with E-state index in [9.17, 15) is 18.8 Å². The predicted molar refractivity (Wildman–Crippen MR) is 150 cm³/mol. The summed E-state index contributed by atoms with van der Waals surface area (Å²) >= 11 is 0. The van der Waals surface area contributed by atoms with Crippen LogP contribution in [0.3, 0.4) is 0 Å². The van der Waals surface area contributed by atoms with Crippen molar-refractivity contribution in [3.05, 3.63) is 95.2 Å². The second kappa shape index (κ2) is 12.1. The number of pyridine rings is 1. The molecule has 5 rings (SSSR count). The minimum absolute atomic E-state index is 0.0145. The van der Waals surface area contributed by atoms with E-state index in [1.54, 1.807) is 54.2 Å². The number of aldehydes is 1. The summed E-state index contributed by atoms with van der Waals surface area (Å²) in [6.07, 6.45) is 4.46. The summed E-state index contributed by atoms with van der Waals surface area (Å²) in [7, 11) is 1.79. The van der Waals surface area contributed by atoms with Crippen LogP contribution in [0.15, 0.2) is 66.9 Å². The third-order valence-corrected chi connectivity index (χ3v) is 7.21. The van der Waals surface area contributed by atoms with Crippen molar-refractivity contribution in [3.63, 3.8) is 0 Å². The lowest BCUT2D eigenvalue weighted by Crippen LogP contribution is -2.44. The first-order valence-corrected chi connectivity index (χ1v) is 13.4. The molecule has 0 spiro atoms. The minimum Gasteiger partial charge on any atom is -0.438 e. The maximum atomic E-state index is 14.1. The van der Waals surface area contributed by atoms with Crippen molar-refractivity contribution in [2.24, 2.45) is 7.05 Å². The monoisotopic (exact) mass is 555 g/mol. The van der Waals surface area contributed by atoms with Crippen molar-refractivity contribution in [3.8, 4) is 22.8 Å². The van der Waals surface area contributed by atoms with Crippen LogP contribution < -0.4 is 15.4 Å². The Morgan fingerprint density at radius 2 is 1.61 bits per heavy atom. The molecule has 9 nitrogen and oxygen atoms in total. The van der Waals surface area contributed by atoms with Crippen LogP contribution in [-0.2, 0) is 7.05 Å². The second-order valence-electron chi connectivity index (χ2n) is 10.2. The third kappa shape index (κ3) is 6.66. The van der Waals surface area contributed by atoms with Gasteiger partial charge in [0.1, 0.15) is 29.1 Å². The lowest BCUT2D eigenvalue weighted by molar-refractivity contribution is 0.0887. The van der Waals surface area contributed by atoms with Crippen LogP contribution >= 0.6 is 0 Å². The van der Waals surface area contributed by atoms with E-state index in [2.05, 4.69) is 20.7 Å². The van der Waals surface area contributed by atoms with Crippen LogP contribution in [-0.4, -0.2) is 44.9 Å². The van der Waals surface area contributed by atoms with Gasteiger partial charge >= 0.3 is 0 Å². The van der Waals surface area contributed by atoms with E-state index in [4.69, 9.17) is 4.74 Å². The number of carbonyl (C=O) groups is 3. The summed E-state index contributed by atoms with van der Waals surface area (Å²) in [5.74, 6) is -0.966. The fourth-order valence-corrected chi connectivity index (χ4v) is 4.89. The van der Waals surface area contributed by atoms with Gasteiger partial charge in [-0.3, -0.25) is 19.1 Å². The van der Waals surface area contributed by atoms with E-state index in [0.29, 0.717) is 42.7 Å². The largest absolute Gasteiger partial charge is 0.438 e. The van der Waals surface area contributed by atoms with Crippen molar-refractivity contribution in [2.75, 3.05) is 0 Å². The molecule has 10 heteroatoms. The Balaban J connectivity index is 1.22. The Labute approximate surface area is 236 Å². The van der Waals surface area contributed by atoms with Gasteiger partial charge in [-0.1, -0.05) is 30.3 Å². The van der Waals surface area contributed by atoms with Crippen molar-refractivity contribution in [2.45, 2.75) is 44.7 Å². The number of aryl methyl sites for hydroxylation is 2. The second-order valence-corrected chi connectivity index (χ2v) is 10.2. The summed E-state index contributed by atoms with van der Waals surface area (Å²) in [5.41, 5.74) is 3.45. The standard InChI is InChI=1S/C31H30FN5O4/c1-19-13-28(36-37(19)2)30(40)35-25-11-9-24(10-12-25)34-29(39)27-16-23(32)17-33-31(27)41-26-8-4-7-22(15-26)21-6-3-5-20(14-21)18-38/h3-8,13-18,24-25H,9-12H2,1-2H3,(H,34,39)(H,35,40)/t24-,25-. The lowest BCUT2D eigenvalue weighted by Gasteiger charge is -2.29. The minimum atomic E-state index is -0.655. The summed E-state index contributed by atoms with van der Waals surface area (Å²) in [4.78, 5) is 41.0. The van der Waals surface area contributed by atoms with Crippen molar-refractivity contribution >= 4 is 18.1 Å². The molecule has 1 fully saturated rings. The molecule has 1 saturated carbocycles. The van der Waals surface area contributed by atoms with E-state index in [1.165, 1.54) is 0 Å². The first kappa shape index (κ1) is 27.7. The molecule has 41 heavy (non-hydrogen) atoms. The number of halogens is 1. The molecular weight excluding hydrogens is 525 g/mol. The van der Waals surface area contributed by atoms with E-state index < -0.39 is 11.7 Å². The highest BCUT2D eigenvalue weighted by Crippen LogP contribution is 2.29. The average molecular weight is 556 g/mol. The zero-order valence-electron chi connectivity index (χ0n) is 22.8. The number of aromatic nitrogens is 3. The van der Waals surface area contributed by atoms with Crippen LogP contribution in [0.4, 0.5) is 4.39 Å². The first-order valence-electron chi connectivity index (χ1n) is 13.4. The summed E-state index contributed by atoms with van der Waals surface area (Å²) < 4.78 is 21.7. The van der Waals surface area contributed by atoms with Crippen LogP contribution in [0, 0.1) is 12.7 Å². The molecule has 2 aromatic heterocycles. The van der Waals surface area contributed by atoms with E-state index in [-0.39, 0.29) is 29.4 Å². The Hall–Kier alpha value is -4.86. The Morgan fingerprint density at radius 3 is 2.27 bits per heavy atom. The molecule has 2 aromatic carbocycles. The van der Waals surface area contributed by atoms with Gasteiger partial charge in [0.15, 0.2) is 0 Å². The molecule has 4 aromatic rings. The number of nitrogens with one attached hydrogen (secondary N) is 2. The number of amides is 2. The highest BCUT2D eigenvalue weighted by molar-refractivity contribution is 5.96. The smallest absolute Gasteiger partial charge is 0.272 e. The van der Waals surface area contributed by atoms with Gasteiger partial charge in [-0.15, -0.1) is 0 Å². The SMILES string of the molecule is Cc1cc(C(=O)N[C@H]2CC[C@H](NC(=O)c3cc(F)cnc3Oc3cccc(-c4cccc(C=O)c4)c3)CC2)nn1C. The topological polar surface area (TPSA) is 115 Å². The molecule has 2 amide bonds. The summed E-state index contributed by atoms with van der Waals surface area (Å²) in [6, 6.07) is 17.0. The molecule has 1 aliphatic carbocycles. The number of nitrogens with zero attached hydrogens (tertiary/aromatic N) is 3. The first-order chi connectivity index (χ1) is 19.8. The highest BCUT2D eigenvalue weighted by atomic mass is 19.1. The number of carbonyl (C=O) groups excluding carboxylic acids is 3. The Bertz CT molecular complexity index is 1570. The number of hydrogen-bond donors (Lipinski definition) is 2. The quantitative estimate of drug-likeness (QED) is 0.296. The maximum absolute atomic E-state index is 14.1. The third-order valence-electron chi connectivity index (χ3n) is 7.21. The van der Waals surface area contributed by atoms with E-state index in [1.807, 2.05) is 19.1 Å². The molecule has 1 aliphatic rings. The molecule has 0 unspecified atom stereocenters. The van der Waals surface area contributed by atoms with Crippen LogP contribution in [0.1, 0.15) is 62.6 Å². The molecule has 210 valence electrons. The van der Waals surface area contributed by atoms with E-state index in [0.717, 1.165) is 35.4 Å². The average Bonchev–Trinajstić information content (AvgIpc) is 3.33. The molecular formula is C31H30FN5O4. The Morgan fingerprint density at radius 1 is 0.951 bits per heavy atom. The van der Waals surface area contributed by atoms with Crippen LogP contribution in [0.5, 0.6) is 11.6 Å². The fraction of sp³-hybridized carbons (Fsp3) is 0.258.